The monoisotopic (exact) mass is 442 g/mol. The van der Waals surface area contributed by atoms with Crippen LogP contribution in [-0.2, 0) is 11.2 Å². The van der Waals surface area contributed by atoms with Crippen molar-refractivity contribution in [1.82, 2.24) is 20.2 Å². The number of benzene rings is 2. The van der Waals surface area contributed by atoms with Crippen molar-refractivity contribution in [3.63, 3.8) is 0 Å². The van der Waals surface area contributed by atoms with Gasteiger partial charge in [0.1, 0.15) is 5.69 Å². The third kappa shape index (κ3) is 5.11. The molecule has 0 aliphatic carbocycles. The number of nitrogens with zero attached hydrogens (tertiary/aromatic N) is 3. The quantitative estimate of drug-likeness (QED) is 0.625. The molecule has 0 unspecified atom stereocenters. The van der Waals surface area contributed by atoms with E-state index in [1.807, 2.05) is 32.0 Å². The van der Waals surface area contributed by atoms with Crippen molar-refractivity contribution in [2.45, 2.75) is 33.1 Å². The molecule has 2 aromatic carbocycles. The molecule has 1 fully saturated rings. The lowest BCUT2D eigenvalue weighted by molar-refractivity contribution is -0.133. The van der Waals surface area contributed by atoms with Gasteiger partial charge in [-0.3, -0.25) is 14.6 Å². The van der Waals surface area contributed by atoms with E-state index in [-0.39, 0.29) is 11.8 Å². The molecule has 6 heteroatoms. The third-order valence-corrected chi connectivity index (χ3v) is 6.43. The van der Waals surface area contributed by atoms with E-state index < -0.39 is 5.41 Å². The molecular formula is C27H30N4O2. The molecule has 0 saturated carbocycles. The summed E-state index contributed by atoms with van der Waals surface area (Å²) in [6, 6.07) is 18.7. The number of hydrogen-bond acceptors (Lipinski definition) is 4. The highest BCUT2D eigenvalue weighted by atomic mass is 16.2. The van der Waals surface area contributed by atoms with Crippen molar-refractivity contribution in [2.24, 2.45) is 5.41 Å². The zero-order valence-electron chi connectivity index (χ0n) is 19.3. The Balaban J connectivity index is 1.49. The van der Waals surface area contributed by atoms with E-state index >= 15 is 0 Å². The molecule has 2 amide bonds. The second kappa shape index (κ2) is 9.94. The fourth-order valence-corrected chi connectivity index (χ4v) is 4.47. The maximum atomic E-state index is 13.2. The van der Waals surface area contributed by atoms with E-state index in [0.717, 1.165) is 16.8 Å². The van der Waals surface area contributed by atoms with Crippen LogP contribution < -0.4 is 5.32 Å². The molecule has 170 valence electrons. The maximum absolute atomic E-state index is 13.2. The minimum atomic E-state index is -0.528. The van der Waals surface area contributed by atoms with E-state index in [2.05, 4.69) is 51.7 Å². The molecule has 3 aromatic rings. The summed E-state index contributed by atoms with van der Waals surface area (Å²) in [4.78, 5) is 36.2. The molecule has 1 saturated heterocycles. The van der Waals surface area contributed by atoms with Crippen LogP contribution in [0, 0.1) is 12.3 Å². The summed E-state index contributed by atoms with van der Waals surface area (Å²) in [6.45, 7) is 5.42. The summed E-state index contributed by atoms with van der Waals surface area (Å²) in [5, 5.41) is 3.03. The van der Waals surface area contributed by atoms with Crippen LogP contribution in [-0.4, -0.2) is 46.3 Å². The SMILES string of the molecule is CCNC(=O)C1(Cc2ccc(-c3ccccc3)cc2)CCN(C(=O)c2cnc(C)cn2)CC1. The summed E-state index contributed by atoms with van der Waals surface area (Å²) in [5.41, 5.74) is 4.06. The predicted molar refractivity (Wildman–Crippen MR) is 129 cm³/mol. The van der Waals surface area contributed by atoms with E-state index in [9.17, 15) is 9.59 Å². The van der Waals surface area contributed by atoms with Crippen molar-refractivity contribution < 1.29 is 9.59 Å². The van der Waals surface area contributed by atoms with E-state index in [4.69, 9.17) is 0 Å². The lowest BCUT2D eigenvalue weighted by Crippen LogP contribution is -2.51. The number of aromatic nitrogens is 2. The molecule has 1 aliphatic rings. The van der Waals surface area contributed by atoms with Crippen LogP contribution in [0.4, 0.5) is 0 Å². The Morgan fingerprint density at radius 3 is 2.21 bits per heavy atom. The van der Waals surface area contributed by atoms with Gasteiger partial charge in [0.05, 0.1) is 17.3 Å². The van der Waals surface area contributed by atoms with Crippen molar-refractivity contribution in [2.75, 3.05) is 19.6 Å². The van der Waals surface area contributed by atoms with Crippen molar-refractivity contribution in [1.29, 1.82) is 0 Å². The summed E-state index contributed by atoms with van der Waals surface area (Å²) >= 11 is 0. The van der Waals surface area contributed by atoms with Gasteiger partial charge in [-0.05, 0) is 49.8 Å². The maximum Gasteiger partial charge on any atom is 0.274 e. The number of piperidine rings is 1. The fraction of sp³-hybridized carbons (Fsp3) is 0.333. The summed E-state index contributed by atoms with van der Waals surface area (Å²) < 4.78 is 0. The molecule has 33 heavy (non-hydrogen) atoms. The molecule has 6 nitrogen and oxygen atoms in total. The second-order valence-electron chi connectivity index (χ2n) is 8.71. The minimum absolute atomic E-state index is 0.0689. The number of carbonyl (C=O) groups excluding carboxylic acids is 2. The number of likely N-dealkylation sites (tertiary alicyclic amines) is 1. The van der Waals surface area contributed by atoms with E-state index in [0.29, 0.717) is 44.6 Å². The van der Waals surface area contributed by atoms with Gasteiger partial charge in [-0.15, -0.1) is 0 Å². The number of amides is 2. The first-order chi connectivity index (χ1) is 16.0. The number of aryl methyl sites for hydroxylation is 1. The molecule has 0 radical (unpaired) electrons. The van der Waals surface area contributed by atoms with Gasteiger partial charge in [0.15, 0.2) is 0 Å². The molecule has 0 bridgehead atoms. The Bertz CT molecular complexity index is 1090. The molecule has 1 aliphatic heterocycles. The lowest BCUT2D eigenvalue weighted by atomic mass is 9.72. The van der Waals surface area contributed by atoms with Gasteiger partial charge in [0, 0.05) is 25.8 Å². The van der Waals surface area contributed by atoms with Gasteiger partial charge in [0.25, 0.3) is 5.91 Å². The third-order valence-electron chi connectivity index (χ3n) is 6.43. The molecule has 0 atom stereocenters. The van der Waals surface area contributed by atoms with E-state index in [1.54, 1.807) is 11.1 Å². The molecular weight excluding hydrogens is 412 g/mol. The van der Waals surface area contributed by atoms with Crippen molar-refractivity contribution in [3.05, 3.63) is 83.9 Å². The fourth-order valence-electron chi connectivity index (χ4n) is 4.47. The highest BCUT2D eigenvalue weighted by Crippen LogP contribution is 2.36. The van der Waals surface area contributed by atoms with Crippen molar-refractivity contribution in [3.8, 4) is 11.1 Å². The molecule has 1 aromatic heterocycles. The van der Waals surface area contributed by atoms with E-state index in [1.165, 1.54) is 11.8 Å². The summed E-state index contributed by atoms with van der Waals surface area (Å²) in [7, 11) is 0. The number of carbonyl (C=O) groups is 2. The predicted octanol–water partition coefficient (Wildman–Crippen LogP) is 4.05. The first-order valence-corrected chi connectivity index (χ1v) is 11.5. The van der Waals surface area contributed by atoms with Crippen LogP contribution in [0.1, 0.15) is 41.5 Å². The van der Waals surface area contributed by atoms with Crippen LogP contribution in [0.5, 0.6) is 0 Å². The van der Waals surface area contributed by atoms with Gasteiger partial charge in [-0.1, -0.05) is 54.6 Å². The number of rotatable bonds is 6. The first kappa shape index (κ1) is 22.6. The molecule has 0 spiro atoms. The number of hydrogen-bond donors (Lipinski definition) is 1. The summed E-state index contributed by atoms with van der Waals surface area (Å²) in [6.07, 6.45) is 5.02. The van der Waals surface area contributed by atoms with Gasteiger partial charge in [-0.2, -0.15) is 0 Å². The Morgan fingerprint density at radius 1 is 0.939 bits per heavy atom. The average molecular weight is 443 g/mol. The highest BCUT2D eigenvalue weighted by Gasteiger charge is 2.42. The smallest absolute Gasteiger partial charge is 0.274 e. The van der Waals surface area contributed by atoms with Crippen LogP contribution in [0.3, 0.4) is 0 Å². The first-order valence-electron chi connectivity index (χ1n) is 11.5. The van der Waals surface area contributed by atoms with Crippen LogP contribution in [0.25, 0.3) is 11.1 Å². The average Bonchev–Trinajstić information content (AvgIpc) is 2.86. The Kier molecular flexibility index (Phi) is 6.82. The van der Waals surface area contributed by atoms with Crippen LogP contribution in [0.2, 0.25) is 0 Å². The largest absolute Gasteiger partial charge is 0.356 e. The lowest BCUT2D eigenvalue weighted by Gasteiger charge is -2.40. The topological polar surface area (TPSA) is 75.2 Å². The molecule has 1 N–H and O–H groups in total. The standard InChI is InChI=1S/C27H30N4O2/c1-3-28-26(33)27(17-21-9-11-23(12-10-21)22-7-5-4-6-8-22)13-15-31(16-14-27)25(32)24-19-29-20(2)18-30-24/h4-12,18-19H,3,13-17H2,1-2H3,(H,28,33). The van der Waals surface area contributed by atoms with Gasteiger partial charge >= 0.3 is 0 Å². The van der Waals surface area contributed by atoms with Crippen molar-refractivity contribution >= 4 is 11.8 Å². The minimum Gasteiger partial charge on any atom is -0.356 e. The zero-order valence-corrected chi connectivity index (χ0v) is 19.3. The number of nitrogens with one attached hydrogen (secondary N) is 1. The Morgan fingerprint density at radius 2 is 1.61 bits per heavy atom. The highest BCUT2D eigenvalue weighted by molar-refractivity contribution is 5.92. The Labute approximate surface area is 195 Å². The summed E-state index contributed by atoms with van der Waals surface area (Å²) in [5.74, 6) is -0.0569. The molecule has 2 heterocycles. The van der Waals surface area contributed by atoms with Gasteiger partial charge in [0.2, 0.25) is 5.91 Å². The second-order valence-corrected chi connectivity index (χ2v) is 8.71. The zero-order chi connectivity index (χ0) is 23.3. The Hall–Kier alpha value is -3.54. The van der Waals surface area contributed by atoms with Crippen LogP contribution >= 0.6 is 0 Å². The van der Waals surface area contributed by atoms with Gasteiger partial charge in [-0.25, -0.2) is 4.98 Å². The van der Waals surface area contributed by atoms with Crippen LogP contribution in [0.15, 0.2) is 67.0 Å². The normalized spacial score (nSPS) is 15.2. The van der Waals surface area contributed by atoms with Gasteiger partial charge < -0.3 is 10.2 Å². The molecule has 4 rings (SSSR count).